The van der Waals surface area contributed by atoms with Gasteiger partial charge in [-0.3, -0.25) is 4.72 Å². The highest BCUT2D eigenvalue weighted by molar-refractivity contribution is 7.92. The SMILES string of the molecule is Cc1ccc(NS(=O)(=O)c2ccc3c(c2)C2C=CCC2C(c2ccc(Cl)cc2)N3)cc1C. The van der Waals surface area contributed by atoms with Gasteiger partial charge in [0.1, 0.15) is 0 Å². The van der Waals surface area contributed by atoms with Gasteiger partial charge in [-0.15, -0.1) is 0 Å². The van der Waals surface area contributed by atoms with Crippen molar-refractivity contribution in [3.05, 3.63) is 100 Å². The summed E-state index contributed by atoms with van der Waals surface area (Å²) in [4.78, 5) is 0.278. The smallest absolute Gasteiger partial charge is 0.261 e. The van der Waals surface area contributed by atoms with Crippen molar-refractivity contribution >= 4 is 33.0 Å². The van der Waals surface area contributed by atoms with Crippen LogP contribution in [0.3, 0.4) is 0 Å². The number of aryl methyl sites for hydroxylation is 2. The average molecular weight is 465 g/mol. The van der Waals surface area contributed by atoms with Gasteiger partial charge < -0.3 is 5.32 Å². The Hall–Kier alpha value is -2.76. The van der Waals surface area contributed by atoms with Crippen LogP contribution in [-0.4, -0.2) is 8.42 Å². The van der Waals surface area contributed by atoms with Gasteiger partial charge >= 0.3 is 0 Å². The molecule has 0 saturated carbocycles. The van der Waals surface area contributed by atoms with Gasteiger partial charge in [0.15, 0.2) is 0 Å². The molecule has 0 spiro atoms. The van der Waals surface area contributed by atoms with E-state index in [4.69, 9.17) is 11.6 Å². The molecule has 2 N–H and O–H groups in total. The number of benzene rings is 3. The van der Waals surface area contributed by atoms with E-state index in [-0.39, 0.29) is 16.9 Å². The maximum Gasteiger partial charge on any atom is 0.261 e. The molecular formula is C26H25ClN2O2S. The van der Waals surface area contributed by atoms with E-state index in [0.29, 0.717) is 11.6 Å². The van der Waals surface area contributed by atoms with Gasteiger partial charge in [0.2, 0.25) is 0 Å². The lowest BCUT2D eigenvalue weighted by Crippen LogP contribution is -2.29. The first-order chi connectivity index (χ1) is 15.3. The van der Waals surface area contributed by atoms with Crippen LogP contribution in [0, 0.1) is 19.8 Å². The summed E-state index contributed by atoms with van der Waals surface area (Å²) >= 11 is 6.08. The topological polar surface area (TPSA) is 58.2 Å². The number of nitrogens with one attached hydrogen (secondary N) is 2. The van der Waals surface area contributed by atoms with Gasteiger partial charge in [0, 0.05) is 22.3 Å². The van der Waals surface area contributed by atoms with Crippen molar-refractivity contribution in [2.75, 3.05) is 10.0 Å². The summed E-state index contributed by atoms with van der Waals surface area (Å²) in [5.41, 5.74) is 5.94. The Balaban J connectivity index is 1.48. The summed E-state index contributed by atoms with van der Waals surface area (Å²) in [5, 5.41) is 4.37. The van der Waals surface area contributed by atoms with Crippen molar-refractivity contribution in [2.24, 2.45) is 5.92 Å². The molecule has 0 saturated heterocycles. The average Bonchev–Trinajstić information content (AvgIpc) is 3.26. The zero-order valence-electron chi connectivity index (χ0n) is 18.0. The predicted molar refractivity (Wildman–Crippen MR) is 131 cm³/mol. The third-order valence-electron chi connectivity index (χ3n) is 6.63. The minimum atomic E-state index is -3.69. The molecule has 2 aliphatic rings. The lowest BCUT2D eigenvalue weighted by Gasteiger charge is -2.37. The number of hydrogen-bond donors (Lipinski definition) is 2. The molecule has 0 amide bonds. The van der Waals surface area contributed by atoms with E-state index in [1.54, 1.807) is 12.1 Å². The van der Waals surface area contributed by atoms with E-state index in [0.717, 1.165) is 33.8 Å². The molecule has 0 bridgehead atoms. The number of allylic oxidation sites excluding steroid dienone is 2. The molecule has 1 heterocycles. The summed E-state index contributed by atoms with van der Waals surface area (Å²) in [6, 6.07) is 19.1. The monoisotopic (exact) mass is 464 g/mol. The Bertz CT molecular complexity index is 1320. The number of hydrogen-bond acceptors (Lipinski definition) is 3. The Kier molecular flexibility index (Phi) is 5.26. The van der Waals surface area contributed by atoms with E-state index in [1.165, 1.54) is 5.56 Å². The highest BCUT2D eigenvalue weighted by Gasteiger charge is 2.38. The summed E-state index contributed by atoms with van der Waals surface area (Å²) in [5.74, 6) is 0.498. The molecule has 4 nitrogen and oxygen atoms in total. The van der Waals surface area contributed by atoms with Gasteiger partial charge in [-0.2, -0.15) is 0 Å². The Morgan fingerprint density at radius 3 is 2.50 bits per heavy atom. The number of fused-ring (bicyclic) bond motifs is 3. The van der Waals surface area contributed by atoms with Gasteiger partial charge in [-0.05, 0) is 90.9 Å². The van der Waals surface area contributed by atoms with Crippen molar-refractivity contribution in [2.45, 2.75) is 37.1 Å². The van der Waals surface area contributed by atoms with Gasteiger partial charge in [0.25, 0.3) is 10.0 Å². The number of sulfonamides is 1. The zero-order valence-corrected chi connectivity index (χ0v) is 19.5. The van der Waals surface area contributed by atoms with Crippen molar-refractivity contribution < 1.29 is 8.42 Å². The lowest BCUT2D eigenvalue weighted by atomic mass is 9.77. The van der Waals surface area contributed by atoms with Crippen LogP contribution in [0.15, 0.2) is 77.7 Å². The molecule has 0 fully saturated rings. The largest absolute Gasteiger partial charge is 0.378 e. The molecule has 1 aliphatic heterocycles. The van der Waals surface area contributed by atoms with E-state index in [2.05, 4.69) is 34.3 Å². The molecule has 3 unspecified atom stereocenters. The number of anilines is 2. The summed E-state index contributed by atoms with van der Waals surface area (Å²) in [7, 11) is -3.69. The molecule has 6 heteroatoms. The fourth-order valence-electron chi connectivity index (χ4n) is 4.76. The van der Waals surface area contributed by atoms with Crippen molar-refractivity contribution in [1.29, 1.82) is 0 Å². The van der Waals surface area contributed by atoms with Crippen molar-refractivity contribution in [1.82, 2.24) is 0 Å². The molecule has 164 valence electrons. The van der Waals surface area contributed by atoms with E-state index >= 15 is 0 Å². The second-order valence-electron chi connectivity index (χ2n) is 8.68. The summed E-state index contributed by atoms with van der Waals surface area (Å²) in [6.07, 6.45) is 5.35. The fraction of sp³-hybridized carbons (Fsp3) is 0.231. The molecule has 5 rings (SSSR count). The van der Waals surface area contributed by atoms with E-state index < -0.39 is 10.0 Å². The Labute approximate surface area is 194 Å². The van der Waals surface area contributed by atoms with Crippen molar-refractivity contribution in [3.8, 4) is 0 Å². The molecule has 3 aromatic rings. The minimum absolute atomic E-state index is 0.149. The highest BCUT2D eigenvalue weighted by Crippen LogP contribution is 2.50. The van der Waals surface area contributed by atoms with Gasteiger partial charge in [0.05, 0.1) is 10.9 Å². The van der Waals surface area contributed by atoms with Gasteiger partial charge in [-0.25, -0.2) is 8.42 Å². The summed E-state index contributed by atoms with van der Waals surface area (Å²) in [6.45, 7) is 3.98. The van der Waals surface area contributed by atoms with Gasteiger partial charge in [-0.1, -0.05) is 42.0 Å². The first-order valence-corrected chi connectivity index (χ1v) is 12.6. The van der Waals surface area contributed by atoms with Crippen molar-refractivity contribution in [3.63, 3.8) is 0 Å². The van der Waals surface area contributed by atoms with Crippen LogP contribution in [0.2, 0.25) is 5.02 Å². The molecule has 32 heavy (non-hydrogen) atoms. The van der Waals surface area contributed by atoms with Crippen LogP contribution in [-0.2, 0) is 10.0 Å². The first-order valence-electron chi connectivity index (χ1n) is 10.7. The molecule has 3 atom stereocenters. The molecule has 3 aromatic carbocycles. The van der Waals surface area contributed by atoms with Crippen LogP contribution in [0.1, 0.15) is 40.6 Å². The zero-order chi connectivity index (χ0) is 22.5. The maximum atomic E-state index is 13.1. The second kappa shape index (κ2) is 7.98. The van der Waals surface area contributed by atoms with Crippen LogP contribution in [0.4, 0.5) is 11.4 Å². The number of rotatable bonds is 4. The third kappa shape index (κ3) is 3.80. The molecule has 0 radical (unpaired) electrons. The third-order valence-corrected chi connectivity index (χ3v) is 8.26. The Morgan fingerprint density at radius 2 is 1.75 bits per heavy atom. The van der Waals surface area contributed by atoms with Crippen LogP contribution >= 0.6 is 11.6 Å². The normalized spacial score (nSPS) is 21.5. The van der Waals surface area contributed by atoms with E-state index in [1.807, 2.05) is 50.2 Å². The van der Waals surface area contributed by atoms with Crippen LogP contribution < -0.4 is 10.0 Å². The second-order valence-corrected chi connectivity index (χ2v) is 10.8. The molecular weight excluding hydrogens is 440 g/mol. The van der Waals surface area contributed by atoms with Crippen LogP contribution in [0.25, 0.3) is 0 Å². The lowest BCUT2D eigenvalue weighted by molar-refractivity contribution is 0.425. The minimum Gasteiger partial charge on any atom is -0.378 e. The molecule has 1 aliphatic carbocycles. The maximum absolute atomic E-state index is 13.1. The number of halogens is 1. The highest BCUT2D eigenvalue weighted by atomic mass is 35.5. The predicted octanol–water partition coefficient (Wildman–Crippen LogP) is 6.58. The van der Waals surface area contributed by atoms with Crippen LogP contribution in [0.5, 0.6) is 0 Å². The Morgan fingerprint density at radius 1 is 0.969 bits per heavy atom. The molecule has 0 aromatic heterocycles. The fourth-order valence-corrected chi connectivity index (χ4v) is 5.97. The standard InChI is InChI=1S/C26H25ClN2O2S/c1-16-6-11-20(14-17(16)2)29-32(30,31)21-12-13-25-24(15-21)22-4-3-5-23(22)26(28-25)18-7-9-19(27)10-8-18/h3-4,6-15,22-23,26,28-29H,5H2,1-2H3. The quantitative estimate of drug-likeness (QED) is 0.428. The van der Waals surface area contributed by atoms with E-state index in [9.17, 15) is 8.42 Å². The first kappa shape index (κ1) is 21.1. The summed E-state index contributed by atoms with van der Waals surface area (Å²) < 4.78 is 29.0.